The number of ether oxygens (including phenoxy) is 1. The van der Waals surface area contributed by atoms with Gasteiger partial charge in [0.2, 0.25) is 5.91 Å². The molecule has 0 heterocycles. The lowest BCUT2D eigenvalue weighted by atomic mass is 10.0. The second-order valence-corrected chi connectivity index (χ2v) is 10.6. The van der Waals surface area contributed by atoms with Crippen molar-refractivity contribution in [2.75, 3.05) is 6.61 Å². The van der Waals surface area contributed by atoms with Crippen LogP contribution in [0.5, 0.6) is 5.75 Å². The molecule has 3 aromatic rings. The van der Waals surface area contributed by atoms with Gasteiger partial charge in [-0.3, -0.25) is 9.59 Å². The van der Waals surface area contributed by atoms with Gasteiger partial charge in [0.1, 0.15) is 17.6 Å². The molecule has 0 spiro atoms. The van der Waals surface area contributed by atoms with Crippen LogP contribution in [0.1, 0.15) is 49.3 Å². The number of aryl methyl sites for hydroxylation is 1. The molecule has 1 saturated carbocycles. The average Bonchev–Trinajstić information content (AvgIpc) is 3.44. The van der Waals surface area contributed by atoms with Crippen molar-refractivity contribution in [3.63, 3.8) is 0 Å². The van der Waals surface area contributed by atoms with E-state index in [1.807, 2.05) is 48.5 Å². The third kappa shape index (κ3) is 7.67. The fourth-order valence-electron chi connectivity index (χ4n) is 4.81. The van der Waals surface area contributed by atoms with E-state index in [1.54, 1.807) is 17.0 Å². The lowest BCUT2D eigenvalue weighted by Gasteiger charge is -2.32. The predicted octanol–water partition coefficient (Wildman–Crippen LogP) is 6.23. The summed E-state index contributed by atoms with van der Waals surface area (Å²) in [6, 6.07) is 20.9. The van der Waals surface area contributed by atoms with E-state index < -0.39 is 6.04 Å². The monoisotopic (exact) mass is 580 g/mol. The topological polar surface area (TPSA) is 58.6 Å². The van der Waals surface area contributed by atoms with E-state index in [0.29, 0.717) is 12.2 Å². The first-order valence-electron chi connectivity index (χ1n) is 13.2. The van der Waals surface area contributed by atoms with E-state index in [0.717, 1.165) is 53.3 Å². The molecule has 200 valence electrons. The number of benzene rings is 3. The van der Waals surface area contributed by atoms with Crippen LogP contribution in [0.3, 0.4) is 0 Å². The number of carbonyl (C=O) groups excluding carboxylic acids is 2. The molecule has 1 aliphatic carbocycles. The zero-order valence-electron chi connectivity index (χ0n) is 21.7. The molecule has 0 aromatic heterocycles. The van der Waals surface area contributed by atoms with Gasteiger partial charge in [0.25, 0.3) is 5.91 Å². The number of halogens is 2. The van der Waals surface area contributed by atoms with Crippen LogP contribution in [0.25, 0.3) is 0 Å². The summed E-state index contributed by atoms with van der Waals surface area (Å²) < 4.78 is 20.3. The second-order valence-electron chi connectivity index (χ2n) is 9.75. The molecule has 1 aliphatic rings. The molecule has 4 rings (SSSR count). The van der Waals surface area contributed by atoms with E-state index >= 15 is 0 Å². The van der Waals surface area contributed by atoms with Gasteiger partial charge in [0, 0.05) is 19.0 Å². The van der Waals surface area contributed by atoms with E-state index in [4.69, 9.17) is 4.74 Å². The number of nitrogens with one attached hydrogen (secondary N) is 1. The molecule has 0 radical (unpaired) electrons. The Bertz CT molecular complexity index is 1210. The second kappa shape index (κ2) is 13.6. The highest BCUT2D eigenvalue weighted by Gasteiger charge is 2.32. The Balaban J connectivity index is 1.60. The first-order valence-corrected chi connectivity index (χ1v) is 14.0. The summed E-state index contributed by atoms with van der Waals surface area (Å²) in [5.74, 6) is -0.282. The van der Waals surface area contributed by atoms with Gasteiger partial charge in [-0.25, -0.2) is 4.39 Å². The highest BCUT2D eigenvalue weighted by molar-refractivity contribution is 9.10. The standard InChI is InChI=1S/C31H34BrFN2O3/c1-2-22-14-17-29(27(32)18-22)38-21-30(36)35(20-24-12-15-25(33)16-13-24)28(19-23-8-4-3-5-9-23)31(37)34-26-10-6-7-11-26/h3-5,8-9,12-18,26,28H,2,6-7,10-11,19-21H2,1H3,(H,34,37)/t28-/m0/s1. The quantitative estimate of drug-likeness (QED) is 0.292. The van der Waals surface area contributed by atoms with Gasteiger partial charge in [-0.1, -0.05) is 68.3 Å². The summed E-state index contributed by atoms with van der Waals surface area (Å²) in [6.45, 7) is 2.00. The smallest absolute Gasteiger partial charge is 0.261 e. The number of carbonyl (C=O) groups is 2. The van der Waals surface area contributed by atoms with Crippen LogP contribution in [0.2, 0.25) is 0 Å². The molecule has 5 nitrogen and oxygen atoms in total. The van der Waals surface area contributed by atoms with E-state index in [-0.39, 0.29) is 36.8 Å². The van der Waals surface area contributed by atoms with Gasteiger partial charge in [-0.15, -0.1) is 0 Å². The van der Waals surface area contributed by atoms with Crippen molar-refractivity contribution in [1.29, 1.82) is 0 Å². The van der Waals surface area contributed by atoms with E-state index in [9.17, 15) is 14.0 Å². The van der Waals surface area contributed by atoms with E-state index in [2.05, 4.69) is 28.2 Å². The Morgan fingerprint density at radius 1 is 1.00 bits per heavy atom. The van der Waals surface area contributed by atoms with Crippen LogP contribution in [-0.2, 0) is 29.0 Å². The molecular formula is C31H34BrFN2O3. The van der Waals surface area contributed by atoms with Crippen molar-refractivity contribution >= 4 is 27.7 Å². The van der Waals surface area contributed by atoms with Crippen LogP contribution in [0.15, 0.2) is 77.3 Å². The zero-order valence-corrected chi connectivity index (χ0v) is 23.3. The minimum atomic E-state index is -0.745. The van der Waals surface area contributed by atoms with Crippen LogP contribution in [0.4, 0.5) is 4.39 Å². The summed E-state index contributed by atoms with van der Waals surface area (Å²) in [7, 11) is 0. The van der Waals surface area contributed by atoms with Crippen LogP contribution in [-0.4, -0.2) is 35.4 Å². The van der Waals surface area contributed by atoms with E-state index in [1.165, 1.54) is 12.1 Å². The van der Waals surface area contributed by atoms with Crippen molar-refractivity contribution in [3.8, 4) is 5.75 Å². The normalized spacial score (nSPS) is 14.2. The average molecular weight is 582 g/mol. The molecule has 38 heavy (non-hydrogen) atoms. The Kier molecular flexibility index (Phi) is 9.93. The zero-order chi connectivity index (χ0) is 26.9. The molecule has 0 bridgehead atoms. The van der Waals surface area contributed by atoms with Crippen molar-refractivity contribution in [3.05, 3.63) is 99.8 Å². The summed E-state index contributed by atoms with van der Waals surface area (Å²) in [5.41, 5.74) is 2.84. The van der Waals surface area contributed by atoms with Crippen molar-refractivity contribution in [2.45, 2.75) is 64.1 Å². The van der Waals surface area contributed by atoms with Crippen molar-refractivity contribution in [2.24, 2.45) is 0 Å². The third-order valence-corrected chi connectivity index (χ3v) is 7.61. The molecule has 0 unspecified atom stereocenters. The van der Waals surface area contributed by atoms with Gasteiger partial charge in [-0.05, 0) is 76.1 Å². The largest absolute Gasteiger partial charge is 0.483 e. The summed E-state index contributed by atoms with van der Waals surface area (Å²) >= 11 is 3.53. The van der Waals surface area contributed by atoms with Crippen molar-refractivity contribution < 1.29 is 18.7 Å². The fourth-order valence-corrected chi connectivity index (χ4v) is 5.35. The van der Waals surface area contributed by atoms with Crippen LogP contribution >= 0.6 is 15.9 Å². The molecule has 3 aromatic carbocycles. The Morgan fingerprint density at radius 2 is 1.68 bits per heavy atom. The lowest BCUT2D eigenvalue weighted by molar-refractivity contribution is -0.143. The number of hydrogen-bond donors (Lipinski definition) is 1. The molecular weight excluding hydrogens is 547 g/mol. The summed E-state index contributed by atoms with van der Waals surface area (Å²) in [4.78, 5) is 29.0. The molecule has 0 aliphatic heterocycles. The highest BCUT2D eigenvalue weighted by atomic mass is 79.9. The van der Waals surface area contributed by atoms with Crippen molar-refractivity contribution in [1.82, 2.24) is 10.2 Å². The SMILES string of the molecule is CCc1ccc(OCC(=O)N(Cc2ccc(F)cc2)[C@@H](Cc2ccccc2)C(=O)NC2CCCC2)c(Br)c1. The minimum absolute atomic E-state index is 0.118. The number of hydrogen-bond acceptors (Lipinski definition) is 3. The maximum atomic E-state index is 13.7. The molecule has 1 atom stereocenters. The Hall–Kier alpha value is -3.19. The Morgan fingerprint density at radius 3 is 2.34 bits per heavy atom. The molecule has 0 saturated heterocycles. The number of amides is 2. The predicted molar refractivity (Wildman–Crippen MR) is 150 cm³/mol. The molecule has 7 heteroatoms. The molecule has 1 fully saturated rings. The van der Waals surface area contributed by atoms with Crippen LogP contribution in [0, 0.1) is 5.82 Å². The van der Waals surface area contributed by atoms with Crippen LogP contribution < -0.4 is 10.1 Å². The van der Waals surface area contributed by atoms with Gasteiger partial charge in [-0.2, -0.15) is 0 Å². The van der Waals surface area contributed by atoms with Gasteiger partial charge in [0.15, 0.2) is 6.61 Å². The Labute approximate surface area is 232 Å². The van der Waals surface area contributed by atoms with Gasteiger partial charge < -0.3 is 15.0 Å². The first-order chi connectivity index (χ1) is 18.4. The van der Waals surface area contributed by atoms with Gasteiger partial charge >= 0.3 is 0 Å². The maximum Gasteiger partial charge on any atom is 0.261 e. The van der Waals surface area contributed by atoms with Gasteiger partial charge in [0.05, 0.1) is 4.47 Å². The molecule has 2 amide bonds. The minimum Gasteiger partial charge on any atom is -0.483 e. The number of rotatable bonds is 11. The first kappa shape index (κ1) is 27.8. The third-order valence-electron chi connectivity index (χ3n) is 6.99. The fraction of sp³-hybridized carbons (Fsp3) is 0.355. The summed E-state index contributed by atoms with van der Waals surface area (Å²) in [6.07, 6.45) is 5.32. The molecule has 1 N–H and O–H groups in total. The summed E-state index contributed by atoms with van der Waals surface area (Å²) in [5, 5.41) is 3.18. The number of nitrogens with zero attached hydrogens (tertiary/aromatic N) is 1. The lowest BCUT2D eigenvalue weighted by Crippen LogP contribution is -2.53. The maximum absolute atomic E-state index is 13.7. The highest BCUT2D eigenvalue weighted by Crippen LogP contribution is 2.27.